The lowest BCUT2D eigenvalue weighted by atomic mass is 10.2. The number of halogens is 3. The number of hydrogen-bond acceptors (Lipinski definition) is 4. The van der Waals surface area contributed by atoms with Crippen LogP contribution in [0.3, 0.4) is 0 Å². The van der Waals surface area contributed by atoms with Crippen LogP contribution in [0.4, 0.5) is 4.79 Å². The quantitative estimate of drug-likeness (QED) is 0.668. The third-order valence-electron chi connectivity index (χ3n) is 3.64. The molecule has 3 amide bonds. The number of aromatic nitrogens is 1. The number of carbonyl (C=O) groups is 3. The Morgan fingerprint density at radius 3 is 2.63 bits per heavy atom. The van der Waals surface area contributed by atoms with Crippen LogP contribution in [-0.4, -0.2) is 40.0 Å². The highest BCUT2D eigenvalue weighted by molar-refractivity contribution is 8.18. The van der Waals surface area contributed by atoms with E-state index < -0.39 is 11.1 Å². The molecule has 2 N–H and O–H groups in total. The highest BCUT2D eigenvalue weighted by Gasteiger charge is 2.34. The van der Waals surface area contributed by atoms with Gasteiger partial charge in [-0.1, -0.05) is 40.9 Å². The summed E-state index contributed by atoms with van der Waals surface area (Å²) in [6, 6.07) is 6.35. The van der Waals surface area contributed by atoms with E-state index in [1.807, 2.05) is 0 Å². The van der Waals surface area contributed by atoms with Gasteiger partial charge in [0.1, 0.15) is 5.69 Å². The number of nitrogens with one attached hydrogen (secondary N) is 2. The summed E-state index contributed by atoms with van der Waals surface area (Å²) in [5.74, 6) is -0.814. The zero-order valence-electron chi connectivity index (χ0n) is 13.6. The molecule has 0 unspecified atom stereocenters. The van der Waals surface area contributed by atoms with Crippen molar-refractivity contribution >= 4 is 69.7 Å². The van der Waals surface area contributed by atoms with Crippen molar-refractivity contribution in [3.63, 3.8) is 0 Å². The van der Waals surface area contributed by atoms with Crippen molar-refractivity contribution < 1.29 is 14.4 Å². The van der Waals surface area contributed by atoms with Crippen molar-refractivity contribution in [2.45, 2.75) is 0 Å². The summed E-state index contributed by atoms with van der Waals surface area (Å²) in [6.07, 6.45) is 3.03. The number of amides is 3. The Bertz CT molecular complexity index is 958. The molecule has 1 aromatic heterocycles. The average molecular weight is 445 g/mol. The summed E-state index contributed by atoms with van der Waals surface area (Å²) in [5, 5.41) is 3.48. The molecule has 1 aliphatic heterocycles. The molecule has 27 heavy (non-hydrogen) atoms. The van der Waals surface area contributed by atoms with Crippen LogP contribution in [0, 0.1) is 0 Å². The molecule has 0 atom stereocenters. The predicted molar refractivity (Wildman–Crippen MR) is 107 cm³/mol. The number of imide groups is 1. The first kappa shape index (κ1) is 19.8. The number of nitrogens with zero attached hydrogens (tertiary/aromatic N) is 1. The number of rotatable bonds is 5. The highest BCUT2D eigenvalue weighted by Crippen LogP contribution is 2.33. The molecule has 3 rings (SSSR count). The van der Waals surface area contributed by atoms with Gasteiger partial charge in [-0.15, -0.1) is 0 Å². The molecule has 1 aromatic carbocycles. The molecule has 10 heteroatoms. The minimum atomic E-state index is -0.437. The maximum Gasteiger partial charge on any atom is 0.293 e. The maximum absolute atomic E-state index is 12.5. The molecule has 140 valence electrons. The molecular formula is C17H12Cl3N3O3S. The average Bonchev–Trinajstić information content (AvgIpc) is 3.15. The van der Waals surface area contributed by atoms with Crippen LogP contribution in [-0.2, 0) is 4.79 Å². The molecule has 0 aliphatic carbocycles. The fourth-order valence-electron chi connectivity index (χ4n) is 2.33. The van der Waals surface area contributed by atoms with Gasteiger partial charge in [-0.25, -0.2) is 0 Å². The van der Waals surface area contributed by atoms with Gasteiger partial charge in [-0.05, 0) is 41.6 Å². The Balaban J connectivity index is 1.62. The van der Waals surface area contributed by atoms with Crippen LogP contribution in [0.25, 0.3) is 6.08 Å². The van der Waals surface area contributed by atoms with E-state index in [1.165, 1.54) is 12.3 Å². The predicted octanol–water partition coefficient (Wildman–Crippen LogP) is 4.44. The summed E-state index contributed by atoms with van der Waals surface area (Å²) in [6.45, 7) is 0.166. The SMILES string of the molecule is O=C(NCCN1C(=O)S/C(=C\c2ccc(Cl)cc2Cl)C1=O)c1cc(Cl)c[nH]1. The maximum atomic E-state index is 12.5. The second-order valence-electron chi connectivity index (χ2n) is 5.49. The zero-order chi connectivity index (χ0) is 19.6. The molecule has 2 aromatic rings. The van der Waals surface area contributed by atoms with Gasteiger partial charge < -0.3 is 10.3 Å². The Morgan fingerprint density at radius 2 is 1.96 bits per heavy atom. The number of hydrogen-bond donors (Lipinski definition) is 2. The van der Waals surface area contributed by atoms with Gasteiger partial charge in [0, 0.05) is 29.3 Å². The molecule has 0 bridgehead atoms. The lowest BCUT2D eigenvalue weighted by Crippen LogP contribution is -2.37. The molecule has 0 spiro atoms. The number of aromatic amines is 1. The normalized spacial score (nSPS) is 15.7. The molecule has 1 saturated heterocycles. The smallest absolute Gasteiger partial charge is 0.293 e. The second kappa shape index (κ2) is 8.39. The summed E-state index contributed by atoms with van der Waals surface area (Å²) >= 11 is 18.5. The standard InChI is InChI=1S/C17H12Cl3N3O3S/c18-10-2-1-9(12(20)6-10)5-14-16(25)23(17(26)27-14)4-3-21-15(24)13-7-11(19)8-22-13/h1-2,5-8,22H,3-4H2,(H,21,24)/b14-5-. The van der Waals surface area contributed by atoms with E-state index >= 15 is 0 Å². The van der Waals surface area contributed by atoms with E-state index in [-0.39, 0.29) is 23.9 Å². The zero-order valence-corrected chi connectivity index (χ0v) is 16.7. The number of carbonyl (C=O) groups excluding carboxylic acids is 3. The molecule has 1 fully saturated rings. The Kier molecular flexibility index (Phi) is 6.16. The van der Waals surface area contributed by atoms with E-state index in [4.69, 9.17) is 34.8 Å². The number of thioether (sulfide) groups is 1. The highest BCUT2D eigenvalue weighted by atomic mass is 35.5. The van der Waals surface area contributed by atoms with Crippen molar-refractivity contribution in [1.29, 1.82) is 0 Å². The van der Waals surface area contributed by atoms with Crippen molar-refractivity contribution in [2.24, 2.45) is 0 Å². The van der Waals surface area contributed by atoms with E-state index in [0.717, 1.165) is 16.7 Å². The van der Waals surface area contributed by atoms with Crippen molar-refractivity contribution in [1.82, 2.24) is 15.2 Å². The molecule has 0 radical (unpaired) electrons. The first-order valence-corrected chi connectivity index (χ1v) is 9.63. The van der Waals surface area contributed by atoms with Gasteiger partial charge in [0.25, 0.3) is 17.1 Å². The van der Waals surface area contributed by atoms with Gasteiger partial charge >= 0.3 is 0 Å². The summed E-state index contributed by atoms with van der Waals surface area (Å²) in [4.78, 5) is 40.5. The molecule has 2 heterocycles. The Morgan fingerprint density at radius 1 is 1.19 bits per heavy atom. The molecule has 1 aliphatic rings. The minimum Gasteiger partial charge on any atom is -0.356 e. The van der Waals surface area contributed by atoms with Crippen LogP contribution >= 0.6 is 46.6 Å². The monoisotopic (exact) mass is 443 g/mol. The van der Waals surface area contributed by atoms with Gasteiger partial charge in [0.15, 0.2) is 0 Å². The molecule has 6 nitrogen and oxygen atoms in total. The van der Waals surface area contributed by atoms with E-state index in [9.17, 15) is 14.4 Å². The Hall–Kier alpha value is -1.93. The van der Waals surface area contributed by atoms with Crippen LogP contribution in [0.2, 0.25) is 15.1 Å². The van der Waals surface area contributed by atoms with Gasteiger partial charge in [0.05, 0.1) is 9.93 Å². The summed E-state index contributed by atoms with van der Waals surface area (Å²) < 4.78 is 0. The van der Waals surface area contributed by atoms with Gasteiger partial charge in [-0.2, -0.15) is 0 Å². The van der Waals surface area contributed by atoms with Crippen molar-refractivity contribution in [2.75, 3.05) is 13.1 Å². The van der Waals surface area contributed by atoms with Crippen LogP contribution < -0.4 is 5.32 Å². The van der Waals surface area contributed by atoms with E-state index in [0.29, 0.717) is 26.3 Å². The molecule has 0 saturated carbocycles. The van der Waals surface area contributed by atoms with Crippen LogP contribution in [0.15, 0.2) is 35.4 Å². The fourth-order valence-corrected chi connectivity index (χ4v) is 3.81. The lowest BCUT2D eigenvalue weighted by molar-refractivity contribution is -0.122. The number of H-pyrrole nitrogens is 1. The third-order valence-corrected chi connectivity index (χ3v) is 5.32. The van der Waals surface area contributed by atoms with Crippen LogP contribution in [0.5, 0.6) is 0 Å². The summed E-state index contributed by atoms with van der Waals surface area (Å²) in [7, 11) is 0. The van der Waals surface area contributed by atoms with Gasteiger partial charge in [0.2, 0.25) is 0 Å². The minimum absolute atomic E-state index is 0.0521. The fraction of sp³-hybridized carbons (Fsp3) is 0.118. The topological polar surface area (TPSA) is 82.3 Å². The van der Waals surface area contributed by atoms with E-state index in [2.05, 4.69) is 10.3 Å². The largest absolute Gasteiger partial charge is 0.356 e. The van der Waals surface area contributed by atoms with Gasteiger partial charge in [-0.3, -0.25) is 19.3 Å². The van der Waals surface area contributed by atoms with Crippen molar-refractivity contribution in [3.05, 3.63) is 61.7 Å². The lowest BCUT2D eigenvalue weighted by Gasteiger charge is -2.12. The Labute approximate surface area is 173 Å². The van der Waals surface area contributed by atoms with Crippen molar-refractivity contribution in [3.8, 4) is 0 Å². The third kappa shape index (κ3) is 4.68. The van der Waals surface area contributed by atoms with Crippen LogP contribution in [0.1, 0.15) is 16.1 Å². The first-order chi connectivity index (χ1) is 12.8. The van der Waals surface area contributed by atoms with E-state index in [1.54, 1.807) is 24.3 Å². The number of benzene rings is 1. The molecular weight excluding hydrogens is 433 g/mol. The first-order valence-electron chi connectivity index (χ1n) is 7.67. The second-order valence-corrected chi connectivity index (χ2v) is 7.76. The summed E-state index contributed by atoms with van der Waals surface area (Å²) in [5.41, 5.74) is 0.884.